The maximum atomic E-state index is 13.8. The molecule has 0 aliphatic heterocycles. The third kappa shape index (κ3) is 4.74. The lowest BCUT2D eigenvalue weighted by Gasteiger charge is -2.27. The van der Waals surface area contributed by atoms with Crippen molar-refractivity contribution in [3.8, 4) is 0 Å². The van der Waals surface area contributed by atoms with Crippen molar-refractivity contribution in [2.45, 2.75) is 51.0 Å². The Bertz CT molecular complexity index is 1200. The van der Waals surface area contributed by atoms with Gasteiger partial charge in [0.05, 0.1) is 35.3 Å². The average Bonchev–Trinajstić information content (AvgIpc) is 2.79. The summed E-state index contributed by atoms with van der Waals surface area (Å²) >= 11 is 0. The second-order valence-electron chi connectivity index (χ2n) is 8.42. The van der Waals surface area contributed by atoms with Crippen LogP contribution in [0, 0.1) is 11.7 Å². The first-order valence-electron chi connectivity index (χ1n) is 10.9. The second kappa shape index (κ2) is 9.38. The van der Waals surface area contributed by atoms with E-state index in [4.69, 9.17) is 5.73 Å². The number of aromatic nitrogens is 3. The van der Waals surface area contributed by atoms with Gasteiger partial charge in [-0.05, 0) is 42.7 Å². The predicted molar refractivity (Wildman–Crippen MR) is 118 cm³/mol. The smallest absolute Gasteiger partial charge is 0.261 e. The van der Waals surface area contributed by atoms with Crippen molar-refractivity contribution in [2.75, 3.05) is 0 Å². The van der Waals surface area contributed by atoms with Crippen LogP contribution in [0.25, 0.3) is 10.9 Å². The Morgan fingerprint density at radius 2 is 1.91 bits per heavy atom. The number of halogens is 1. The van der Waals surface area contributed by atoms with E-state index in [-0.39, 0.29) is 23.2 Å². The number of fused-ring (bicyclic) bond motifs is 1. The number of amides is 1. The molecular formula is C24H25FN4O3. The van der Waals surface area contributed by atoms with Crippen LogP contribution in [0.3, 0.4) is 0 Å². The van der Waals surface area contributed by atoms with Gasteiger partial charge in [-0.25, -0.2) is 9.37 Å². The predicted octanol–water partition coefficient (Wildman–Crippen LogP) is 3.35. The number of ketones is 1. The molecule has 0 spiro atoms. The van der Waals surface area contributed by atoms with Gasteiger partial charge in [0.25, 0.3) is 5.56 Å². The molecule has 1 aliphatic rings. The van der Waals surface area contributed by atoms with E-state index in [2.05, 4.69) is 9.97 Å². The average molecular weight is 436 g/mol. The van der Waals surface area contributed by atoms with Gasteiger partial charge in [0.2, 0.25) is 5.91 Å². The van der Waals surface area contributed by atoms with Crippen molar-refractivity contribution in [1.82, 2.24) is 14.5 Å². The molecule has 1 saturated carbocycles. The van der Waals surface area contributed by atoms with E-state index in [1.54, 1.807) is 6.07 Å². The lowest BCUT2D eigenvalue weighted by atomic mass is 9.83. The fourth-order valence-corrected chi connectivity index (χ4v) is 4.44. The maximum Gasteiger partial charge on any atom is 0.261 e. The number of hydrogen-bond acceptors (Lipinski definition) is 5. The normalized spacial score (nSPS) is 15.5. The lowest BCUT2D eigenvalue weighted by Crippen LogP contribution is -2.33. The number of carbonyl (C=O) groups excluding carboxylic acids is 2. The number of pyridine rings is 1. The monoisotopic (exact) mass is 436 g/mol. The molecule has 1 amide bonds. The lowest BCUT2D eigenvalue weighted by molar-refractivity contribution is -0.122. The minimum atomic E-state index is -0.719. The van der Waals surface area contributed by atoms with E-state index < -0.39 is 23.3 Å². The van der Waals surface area contributed by atoms with Gasteiger partial charge in [0.1, 0.15) is 5.82 Å². The highest BCUT2D eigenvalue weighted by molar-refractivity contribution is 5.92. The summed E-state index contributed by atoms with van der Waals surface area (Å²) in [5, 5.41) is 0.151. The van der Waals surface area contributed by atoms with Crippen molar-refractivity contribution in [1.29, 1.82) is 0 Å². The van der Waals surface area contributed by atoms with Crippen LogP contribution in [0.5, 0.6) is 0 Å². The Morgan fingerprint density at radius 1 is 1.12 bits per heavy atom. The molecule has 1 atom stereocenters. The zero-order chi connectivity index (χ0) is 22.7. The first-order chi connectivity index (χ1) is 15.4. The maximum absolute atomic E-state index is 13.8. The number of nitrogens with zero attached hydrogens (tertiary/aromatic N) is 3. The fraction of sp³-hybridized carbons (Fsp3) is 0.375. The van der Waals surface area contributed by atoms with Crippen LogP contribution in [0.4, 0.5) is 4.39 Å². The SMILES string of the molecule is NC(=O)c1ccc(CC(=O)C(CC2CCCCC2)n2cnc3ccc(F)cc3c2=O)nc1. The molecule has 3 aromatic rings. The molecule has 2 aromatic heterocycles. The minimum absolute atomic E-state index is 0.00402. The highest BCUT2D eigenvalue weighted by atomic mass is 19.1. The quantitative estimate of drug-likeness (QED) is 0.611. The Kier molecular flexibility index (Phi) is 6.39. The van der Waals surface area contributed by atoms with Crippen LogP contribution in [-0.2, 0) is 11.2 Å². The van der Waals surface area contributed by atoms with Gasteiger partial charge in [-0.1, -0.05) is 32.1 Å². The number of nitrogens with two attached hydrogens (primary N) is 1. The summed E-state index contributed by atoms with van der Waals surface area (Å²) in [4.78, 5) is 46.3. The van der Waals surface area contributed by atoms with Gasteiger partial charge in [-0.15, -0.1) is 0 Å². The second-order valence-corrected chi connectivity index (χ2v) is 8.42. The minimum Gasteiger partial charge on any atom is -0.366 e. The van der Waals surface area contributed by atoms with E-state index in [1.807, 2.05) is 0 Å². The summed E-state index contributed by atoms with van der Waals surface area (Å²) < 4.78 is 15.1. The van der Waals surface area contributed by atoms with Crippen LogP contribution >= 0.6 is 0 Å². The molecule has 4 rings (SSSR count). The first-order valence-corrected chi connectivity index (χ1v) is 10.9. The number of benzene rings is 1. The molecule has 2 N–H and O–H groups in total. The third-order valence-corrected chi connectivity index (χ3v) is 6.20. The van der Waals surface area contributed by atoms with Crippen LogP contribution in [-0.4, -0.2) is 26.2 Å². The van der Waals surface area contributed by atoms with Crippen LogP contribution in [0.1, 0.15) is 60.6 Å². The molecular weight excluding hydrogens is 411 g/mol. The summed E-state index contributed by atoms with van der Waals surface area (Å²) in [6, 6.07) is 6.27. The molecule has 0 bridgehead atoms. The summed E-state index contributed by atoms with van der Waals surface area (Å²) in [5.41, 5.74) is 5.96. The van der Waals surface area contributed by atoms with Gasteiger partial charge >= 0.3 is 0 Å². The molecule has 7 nitrogen and oxygen atoms in total. The molecule has 1 unspecified atom stereocenters. The molecule has 2 heterocycles. The van der Waals surface area contributed by atoms with E-state index in [1.165, 1.54) is 41.7 Å². The van der Waals surface area contributed by atoms with E-state index >= 15 is 0 Å². The largest absolute Gasteiger partial charge is 0.366 e. The van der Waals surface area contributed by atoms with Crippen molar-refractivity contribution >= 4 is 22.6 Å². The number of hydrogen-bond donors (Lipinski definition) is 1. The zero-order valence-corrected chi connectivity index (χ0v) is 17.7. The van der Waals surface area contributed by atoms with Crippen LogP contribution in [0.2, 0.25) is 0 Å². The third-order valence-electron chi connectivity index (χ3n) is 6.20. The summed E-state index contributed by atoms with van der Waals surface area (Å²) in [7, 11) is 0. The van der Waals surface area contributed by atoms with Crippen molar-refractivity contribution < 1.29 is 14.0 Å². The fourth-order valence-electron chi connectivity index (χ4n) is 4.44. The summed E-state index contributed by atoms with van der Waals surface area (Å²) in [6.07, 6.45) is 8.69. The van der Waals surface area contributed by atoms with E-state index in [9.17, 15) is 18.8 Å². The highest BCUT2D eigenvalue weighted by Crippen LogP contribution is 2.31. The zero-order valence-electron chi connectivity index (χ0n) is 17.7. The topological polar surface area (TPSA) is 108 Å². The van der Waals surface area contributed by atoms with E-state index in [0.717, 1.165) is 31.7 Å². The molecule has 166 valence electrons. The van der Waals surface area contributed by atoms with E-state index in [0.29, 0.717) is 23.5 Å². The number of primary amides is 1. The summed E-state index contributed by atoms with van der Waals surface area (Å²) in [6.45, 7) is 0. The Labute approximate surface area is 184 Å². The number of carbonyl (C=O) groups is 2. The Balaban J connectivity index is 1.67. The number of Topliss-reactive ketones (excluding diaryl/α,β-unsaturated/α-hetero) is 1. The van der Waals surface area contributed by atoms with Crippen LogP contribution < -0.4 is 11.3 Å². The highest BCUT2D eigenvalue weighted by Gasteiger charge is 2.27. The van der Waals surface area contributed by atoms with Crippen molar-refractivity contribution in [3.05, 3.63) is 70.3 Å². The van der Waals surface area contributed by atoms with Gasteiger partial charge in [0, 0.05) is 11.9 Å². The molecule has 8 heteroatoms. The standard InChI is InChI=1S/C24H25FN4O3/c25-17-7-9-20-19(11-17)24(32)29(14-28-20)21(10-15-4-2-1-3-5-15)22(30)12-18-8-6-16(13-27-18)23(26)31/h6-9,11,13-15,21H,1-5,10,12H2,(H2,26,31). The Morgan fingerprint density at radius 3 is 2.59 bits per heavy atom. The molecule has 0 saturated heterocycles. The van der Waals surface area contributed by atoms with Gasteiger partial charge in [-0.2, -0.15) is 0 Å². The number of rotatable bonds is 7. The molecule has 32 heavy (non-hydrogen) atoms. The first kappa shape index (κ1) is 21.8. The molecule has 0 radical (unpaired) electrons. The van der Waals surface area contributed by atoms with Crippen LogP contribution in [0.15, 0.2) is 47.7 Å². The van der Waals surface area contributed by atoms with Crippen molar-refractivity contribution in [2.24, 2.45) is 11.7 Å². The Hall–Kier alpha value is -3.42. The molecule has 1 aliphatic carbocycles. The molecule has 1 aromatic carbocycles. The molecule has 1 fully saturated rings. The van der Waals surface area contributed by atoms with Crippen molar-refractivity contribution in [3.63, 3.8) is 0 Å². The van der Waals surface area contributed by atoms with Gasteiger partial charge in [-0.3, -0.25) is 23.9 Å². The summed E-state index contributed by atoms with van der Waals surface area (Å²) in [5.74, 6) is -0.956. The van der Waals surface area contributed by atoms with Gasteiger partial charge in [0.15, 0.2) is 5.78 Å². The van der Waals surface area contributed by atoms with Gasteiger partial charge < -0.3 is 5.73 Å².